The van der Waals surface area contributed by atoms with Gasteiger partial charge in [0.1, 0.15) is 36.3 Å². The van der Waals surface area contributed by atoms with E-state index < -0.39 is 37.1 Å². The number of nitrogens with zero attached hydrogens (tertiary/aromatic N) is 1. The van der Waals surface area contributed by atoms with Gasteiger partial charge < -0.3 is 34.5 Å². The fourth-order valence-electron chi connectivity index (χ4n) is 4.30. The van der Waals surface area contributed by atoms with E-state index in [1.807, 2.05) is 69.4 Å². The molecule has 5 atom stereocenters. The number of hydrogen-bond acceptors (Lipinski definition) is 6. The van der Waals surface area contributed by atoms with Crippen LogP contribution in [-0.4, -0.2) is 62.1 Å². The molecule has 1 aliphatic heterocycles. The first-order valence-electron chi connectivity index (χ1n) is 10.9. The molecule has 4 N–H and O–H groups in total. The molecule has 0 radical (unpaired) electrons. The number of ether oxygens (including phenoxy) is 2. The highest BCUT2D eigenvalue weighted by Crippen LogP contribution is 2.37. The van der Waals surface area contributed by atoms with Crippen molar-refractivity contribution in [3.63, 3.8) is 0 Å². The molecule has 7 heteroatoms. The third-order valence-corrected chi connectivity index (χ3v) is 5.91. The average Bonchev–Trinajstić information content (AvgIpc) is 3.10. The zero-order valence-corrected chi connectivity index (χ0v) is 18.5. The van der Waals surface area contributed by atoms with E-state index in [0.29, 0.717) is 12.1 Å². The smallest absolute Gasteiger partial charge is 0.119 e. The van der Waals surface area contributed by atoms with E-state index >= 15 is 0 Å². The van der Waals surface area contributed by atoms with Gasteiger partial charge in [0, 0.05) is 29.2 Å². The van der Waals surface area contributed by atoms with Crippen molar-refractivity contribution in [1.82, 2.24) is 4.57 Å². The van der Waals surface area contributed by atoms with Gasteiger partial charge in [-0.05, 0) is 50.6 Å². The number of aliphatic hydroxyl groups excluding tert-OH is 4. The van der Waals surface area contributed by atoms with Gasteiger partial charge in [-0.25, -0.2) is 0 Å². The Balaban J connectivity index is 1.70. The van der Waals surface area contributed by atoms with Gasteiger partial charge in [-0.15, -0.1) is 0 Å². The van der Waals surface area contributed by atoms with Gasteiger partial charge >= 0.3 is 0 Å². The quantitative estimate of drug-likeness (QED) is 0.468. The molecular formula is C25H31NO6. The predicted molar refractivity (Wildman–Crippen MR) is 121 cm³/mol. The summed E-state index contributed by atoms with van der Waals surface area (Å²) >= 11 is 0. The van der Waals surface area contributed by atoms with Crippen LogP contribution in [0.4, 0.5) is 0 Å². The van der Waals surface area contributed by atoms with Crippen molar-refractivity contribution in [1.29, 1.82) is 0 Å². The first-order chi connectivity index (χ1) is 15.3. The third-order valence-electron chi connectivity index (χ3n) is 5.91. The minimum Gasteiger partial charge on any atom is -0.491 e. The van der Waals surface area contributed by atoms with Crippen LogP contribution in [0.15, 0.2) is 48.7 Å². The number of hydrogen-bond donors (Lipinski definition) is 4. The average molecular weight is 442 g/mol. The fourth-order valence-corrected chi connectivity index (χ4v) is 4.30. The largest absolute Gasteiger partial charge is 0.491 e. The second-order valence-electron chi connectivity index (χ2n) is 8.79. The summed E-state index contributed by atoms with van der Waals surface area (Å²) in [5.74, 6) is 0.818. The fraction of sp³-hybridized carbons (Fsp3) is 0.440. The molecule has 0 saturated carbocycles. The molecule has 0 spiro atoms. The monoisotopic (exact) mass is 441 g/mol. The number of aromatic nitrogens is 1. The van der Waals surface area contributed by atoms with E-state index in [9.17, 15) is 20.4 Å². The zero-order chi connectivity index (χ0) is 23.0. The van der Waals surface area contributed by atoms with E-state index in [0.717, 1.165) is 27.8 Å². The molecule has 2 aromatic carbocycles. The van der Waals surface area contributed by atoms with Gasteiger partial charge in [0.2, 0.25) is 0 Å². The Morgan fingerprint density at radius 1 is 1.00 bits per heavy atom. The standard InChI is InChI=1S/C25H31NO6/c1-14(2)31-17-7-5-16(6-8-17)11-26-12-19(18-10-15(3)4-9-20(18)26)25-24(30)23(29)22(28)21(13-27)32-25/h4-10,12,14,21-25,27-30H,11,13H2,1-3H3/t21-,22-,23+,24-,25+/m1/s1. The maximum absolute atomic E-state index is 10.7. The van der Waals surface area contributed by atoms with Crippen molar-refractivity contribution in [2.24, 2.45) is 0 Å². The van der Waals surface area contributed by atoms with Crippen molar-refractivity contribution >= 4 is 10.9 Å². The zero-order valence-electron chi connectivity index (χ0n) is 18.5. The Kier molecular flexibility index (Phi) is 6.55. The summed E-state index contributed by atoms with van der Waals surface area (Å²) in [5, 5.41) is 41.6. The third kappa shape index (κ3) is 4.40. The van der Waals surface area contributed by atoms with Crippen molar-refractivity contribution in [2.45, 2.75) is 63.9 Å². The highest BCUT2D eigenvalue weighted by atomic mass is 16.5. The van der Waals surface area contributed by atoms with Crippen LogP contribution >= 0.6 is 0 Å². The molecule has 0 amide bonds. The highest BCUT2D eigenvalue weighted by molar-refractivity contribution is 5.85. The molecule has 2 heterocycles. The summed E-state index contributed by atoms with van der Waals surface area (Å²) in [4.78, 5) is 0. The predicted octanol–water partition coefficient (Wildman–Crippen LogP) is 2.30. The van der Waals surface area contributed by atoms with Crippen LogP contribution in [0.3, 0.4) is 0 Å². The maximum atomic E-state index is 10.7. The van der Waals surface area contributed by atoms with Crippen molar-refractivity contribution in [2.75, 3.05) is 6.61 Å². The van der Waals surface area contributed by atoms with Crippen LogP contribution in [0.1, 0.15) is 36.6 Å². The van der Waals surface area contributed by atoms with Crippen LogP contribution in [0.25, 0.3) is 10.9 Å². The molecule has 7 nitrogen and oxygen atoms in total. The number of aliphatic hydroxyl groups is 4. The molecule has 0 unspecified atom stereocenters. The minimum absolute atomic E-state index is 0.110. The summed E-state index contributed by atoms with van der Waals surface area (Å²) in [6.07, 6.45) is -3.92. The lowest BCUT2D eigenvalue weighted by Gasteiger charge is -2.40. The lowest BCUT2D eigenvalue weighted by atomic mass is 9.91. The van der Waals surface area contributed by atoms with Crippen molar-refractivity contribution in [3.8, 4) is 5.75 Å². The first kappa shape index (κ1) is 22.8. The molecule has 1 fully saturated rings. The Morgan fingerprint density at radius 2 is 1.72 bits per heavy atom. The maximum Gasteiger partial charge on any atom is 0.119 e. The van der Waals surface area contributed by atoms with E-state index in [2.05, 4.69) is 4.57 Å². The normalized spacial score (nSPS) is 26.1. The minimum atomic E-state index is -1.41. The Labute approximate surface area is 187 Å². The molecular weight excluding hydrogens is 410 g/mol. The number of benzene rings is 2. The number of rotatable bonds is 6. The molecule has 1 aromatic heterocycles. The van der Waals surface area contributed by atoms with E-state index in [1.165, 1.54) is 0 Å². The van der Waals surface area contributed by atoms with Gasteiger partial charge in [0.25, 0.3) is 0 Å². The van der Waals surface area contributed by atoms with Gasteiger partial charge in [-0.1, -0.05) is 23.8 Å². The highest BCUT2D eigenvalue weighted by Gasteiger charge is 2.44. The van der Waals surface area contributed by atoms with Crippen molar-refractivity contribution in [3.05, 3.63) is 65.4 Å². The molecule has 32 heavy (non-hydrogen) atoms. The van der Waals surface area contributed by atoms with Crippen molar-refractivity contribution < 1.29 is 29.9 Å². The molecule has 1 saturated heterocycles. The lowest BCUT2D eigenvalue weighted by molar-refractivity contribution is -0.231. The Bertz CT molecular complexity index is 1060. The van der Waals surface area contributed by atoms with Gasteiger partial charge in [0.15, 0.2) is 0 Å². The van der Waals surface area contributed by atoms with E-state index in [1.54, 1.807) is 0 Å². The lowest BCUT2D eigenvalue weighted by Crippen LogP contribution is -2.55. The summed E-state index contributed by atoms with van der Waals surface area (Å²) in [6.45, 7) is 6.11. The topological polar surface area (TPSA) is 104 Å². The second kappa shape index (κ2) is 9.21. The Hall–Kier alpha value is -2.42. The summed E-state index contributed by atoms with van der Waals surface area (Å²) < 4.78 is 13.6. The second-order valence-corrected chi connectivity index (χ2v) is 8.79. The summed E-state index contributed by atoms with van der Waals surface area (Å²) in [7, 11) is 0. The van der Waals surface area contributed by atoms with E-state index in [4.69, 9.17) is 9.47 Å². The van der Waals surface area contributed by atoms with Gasteiger partial charge in [0.05, 0.1) is 12.7 Å². The van der Waals surface area contributed by atoms with Gasteiger partial charge in [-0.3, -0.25) is 0 Å². The van der Waals surface area contributed by atoms with E-state index in [-0.39, 0.29) is 6.10 Å². The van der Waals surface area contributed by atoms with Gasteiger partial charge in [-0.2, -0.15) is 0 Å². The molecule has 1 aliphatic rings. The number of aryl methyl sites for hydroxylation is 1. The first-order valence-corrected chi connectivity index (χ1v) is 10.9. The summed E-state index contributed by atoms with van der Waals surface area (Å²) in [5.41, 5.74) is 3.81. The molecule has 172 valence electrons. The molecule has 4 rings (SSSR count). The summed E-state index contributed by atoms with van der Waals surface area (Å²) in [6, 6.07) is 14.0. The SMILES string of the molecule is Cc1ccc2c(c1)c([C@@H]1O[C@H](CO)[C@@H](O)[C@H](O)[C@H]1O)cn2Cc1ccc(OC(C)C)cc1. The molecule has 3 aromatic rings. The van der Waals surface area contributed by atoms with Crippen LogP contribution in [0, 0.1) is 6.92 Å². The molecule has 0 bridgehead atoms. The molecule has 0 aliphatic carbocycles. The van der Waals surface area contributed by atoms with Crippen LogP contribution in [0.5, 0.6) is 5.75 Å². The Morgan fingerprint density at radius 3 is 2.38 bits per heavy atom. The van der Waals surface area contributed by atoms with Crippen LogP contribution < -0.4 is 4.74 Å². The van der Waals surface area contributed by atoms with Crippen LogP contribution in [0.2, 0.25) is 0 Å². The van der Waals surface area contributed by atoms with Crippen LogP contribution in [-0.2, 0) is 11.3 Å². The number of fused-ring (bicyclic) bond motifs is 1.